The molecule has 0 atom stereocenters. The zero-order chi connectivity index (χ0) is 25.9. The third kappa shape index (κ3) is 6.88. The molecule has 0 amide bonds. The minimum Gasteiger partial charge on any atom is -0.481 e. The highest BCUT2D eigenvalue weighted by Gasteiger charge is 2.23. The van der Waals surface area contributed by atoms with E-state index in [4.69, 9.17) is 5.11 Å². The second kappa shape index (κ2) is 13.4. The van der Waals surface area contributed by atoms with Gasteiger partial charge >= 0.3 is 11.7 Å². The number of carbonyl (C=O) groups is 1. The van der Waals surface area contributed by atoms with Gasteiger partial charge in [-0.05, 0) is 25.0 Å². The largest absolute Gasteiger partial charge is 0.481 e. The third-order valence-corrected chi connectivity index (χ3v) is 6.77. The molecule has 192 valence electrons. The molecule has 0 unspecified atom stereocenters. The monoisotopic (exact) mass is 496 g/mol. The zero-order valence-electron chi connectivity index (χ0n) is 21.4. The molecule has 0 spiro atoms. The number of benzene rings is 3. The van der Waals surface area contributed by atoms with Crippen LogP contribution in [0, 0.1) is 0 Å². The molecule has 1 N–H and O–H groups in total. The lowest BCUT2D eigenvalue weighted by Crippen LogP contribution is -2.24. The number of aliphatic carboxylic acids is 1. The molecule has 4 rings (SSSR count). The van der Waals surface area contributed by atoms with Gasteiger partial charge in [0.15, 0.2) is 0 Å². The Hall–Kier alpha value is -3.86. The van der Waals surface area contributed by atoms with Gasteiger partial charge in [0.1, 0.15) is 0 Å². The highest BCUT2D eigenvalue weighted by atomic mass is 16.4. The van der Waals surface area contributed by atoms with Gasteiger partial charge in [-0.3, -0.25) is 13.9 Å². The van der Waals surface area contributed by atoms with Crippen LogP contribution in [0.5, 0.6) is 0 Å². The Morgan fingerprint density at radius 1 is 0.595 bits per heavy atom. The highest BCUT2D eigenvalue weighted by Crippen LogP contribution is 2.33. The van der Waals surface area contributed by atoms with Crippen LogP contribution in [0.4, 0.5) is 0 Å². The summed E-state index contributed by atoms with van der Waals surface area (Å²) in [6.45, 7) is 0.668. The number of hydrogen-bond acceptors (Lipinski definition) is 2. The van der Waals surface area contributed by atoms with Gasteiger partial charge in [-0.25, -0.2) is 4.79 Å². The van der Waals surface area contributed by atoms with Crippen LogP contribution in [0.15, 0.2) is 95.8 Å². The van der Waals surface area contributed by atoms with Crippen molar-refractivity contribution in [2.24, 2.45) is 0 Å². The summed E-state index contributed by atoms with van der Waals surface area (Å²) in [5.41, 5.74) is 4.79. The smallest absolute Gasteiger partial charge is 0.333 e. The van der Waals surface area contributed by atoms with E-state index in [9.17, 15) is 9.59 Å². The van der Waals surface area contributed by atoms with Gasteiger partial charge in [0, 0.05) is 24.1 Å². The molecule has 0 bridgehead atoms. The van der Waals surface area contributed by atoms with E-state index < -0.39 is 5.97 Å². The molecule has 0 aliphatic carbocycles. The number of imidazole rings is 1. The van der Waals surface area contributed by atoms with E-state index in [0.717, 1.165) is 79.6 Å². The summed E-state index contributed by atoms with van der Waals surface area (Å²) in [6.07, 6.45) is 8.51. The van der Waals surface area contributed by atoms with Crippen LogP contribution in [0.2, 0.25) is 0 Å². The van der Waals surface area contributed by atoms with E-state index in [1.165, 1.54) is 0 Å². The maximum atomic E-state index is 14.0. The fourth-order valence-electron chi connectivity index (χ4n) is 4.93. The first-order valence-electron chi connectivity index (χ1n) is 13.4. The predicted molar refractivity (Wildman–Crippen MR) is 150 cm³/mol. The molecule has 0 aliphatic heterocycles. The Kier molecular flexibility index (Phi) is 9.53. The first-order valence-corrected chi connectivity index (χ1v) is 13.4. The predicted octanol–water partition coefficient (Wildman–Crippen LogP) is 7.57. The van der Waals surface area contributed by atoms with Crippen molar-refractivity contribution in [2.45, 2.75) is 64.3 Å². The molecule has 0 fully saturated rings. The van der Waals surface area contributed by atoms with Crippen molar-refractivity contribution in [3.05, 3.63) is 101 Å². The van der Waals surface area contributed by atoms with Crippen LogP contribution in [-0.2, 0) is 11.3 Å². The molecule has 0 saturated carbocycles. The lowest BCUT2D eigenvalue weighted by Gasteiger charge is -2.12. The summed E-state index contributed by atoms with van der Waals surface area (Å²) in [7, 11) is 0. The van der Waals surface area contributed by atoms with E-state index in [1.807, 2.05) is 75.9 Å². The normalized spacial score (nSPS) is 11.0. The number of para-hydroxylation sites is 1. The topological polar surface area (TPSA) is 64.2 Å². The van der Waals surface area contributed by atoms with E-state index in [2.05, 4.69) is 24.3 Å². The van der Waals surface area contributed by atoms with Crippen LogP contribution in [-0.4, -0.2) is 20.2 Å². The van der Waals surface area contributed by atoms with Crippen LogP contribution in [0.25, 0.3) is 28.2 Å². The number of nitrogens with zero attached hydrogens (tertiary/aromatic N) is 2. The highest BCUT2D eigenvalue weighted by molar-refractivity contribution is 5.80. The van der Waals surface area contributed by atoms with E-state index in [1.54, 1.807) is 0 Å². The summed E-state index contributed by atoms with van der Waals surface area (Å²) < 4.78 is 3.81. The zero-order valence-corrected chi connectivity index (χ0v) is 21.4. The fraction of sp³-hybridized carbons (Fsp3) is 0.312. The molecule has 5 nitrogen and oxygen atoms in total. The van der Waals surface area contributed by atoms with E-state index in [-0.39, 0.29) is 12.1 Å². The maximum Gasteiger partial charge on any atom is 0.333 e. The molecule has 1 heterocycles. The minimum absolute atomic E-state index is 0.0117. The average molecular weight is 497 g/mol. The fourth-order valence-corrected chi connectivity index (χ4v) is 4.93. The molecule has 0 radical (unpaired) electrons. The van der Waals surface area contributed by atoms with Crippen LogP contribution < -0.4 is 5.69 Å². The van der Waals surface area contributed by atoms with Crippen molar-refractivity contribution in [3.8, 4) is 28.2 Å². The summed E-state index contributed by atoms with van der Waals surface area (Å²) in [5, 5.41) is 8.74. The van der Waals surface area contributed by atoms with Gasteiger partial charge in [0.25, 0.3) is 0 Å². The van der Waals surface area contributed by atoms with Gasteiger partial charge < -0.3 is 5.11 Å². The van der Waals surface area contributed by atoms with Crippen molar-refractivity contribution in [3.63, 3.8) is 0 Å². The van der Waals surface area contributed by atoms with Crippen molar-refractivity contribution >= 4 is 5.97 Å². The van der Waals surface area contributed by atoms with Crippen LogP contribution in [0.1, 0.15) is 57.8 Å². The second-order valence-electron chi connectivity index (χ2n) is 9.51. The van der Waals surface area contributed by atoms with Gasteiger partial charge in [-0.15, -0.1) is 0 Å². The summed E-state index contributed by atoms with van der Waals surface area (Å²) in [6, 6.07) is 30.3. The third-order valence-electron chi connectivity index (χ3n) is 6.77. The van der Waals surface area contributed by atoms with Crippen molar-refractivity contribution in [1.29, 1.82) is 0 Å². The van der Waals surface area contributed by atoms with E-state index >= 15 is 0 Å². The standard InChI is InChI=1S/C32H36N2O3/c35-29(36)24-16-5-3-1-2-4-6-17-25-33-30(26-18-10-7-11-19-26)31(27-20-12-8-13-21-27)34(32(33)37)28-22-14-9-15-23-28/h7-15,18-23H,1-6,16-17,24-25H2,(H,35,36). The van der Waals surface area contributed by atoms with Crippen molar-refractivity contribution in [1.82, 2.24) is 9.13 Å². The molecule has 0 aliphatic rings. The summed E-state index contributed by atoms with van der Waals surface area (Å²) in [5.74, 6) is -0.707. The number of rotatable bonds is 14. The summed E-state index contributed by atoms with van der Waals surface area (Å²) in [4.78, 5) is 24.6. The average Bonchev–Trinajstić information content (AvgIpc) is 3.23. The maximum absolute atomic E-state index is 14.0. The van der Waals surface area contributed by atoms with Crippen LogP contribution in [0.3, 0.4) is 0 Å². The Morgan fingerprint density at radius 3 is 1.59 bits per heavy atom. The number of hydrogen-bond donors (Lipinski definition) is 1. The van der Waals surface area contributed by atoms with Gasteiger partial charge in [-0.2, -0.15) is 0 Å². The molecule has 4 aromatic rings. The Labute approximate surface area is 219 Å². The first-order chi connectivity index (χ1) is 18.2. The quantitative estimate of drug-likeness (QED) is 0.183. The number of carboxylic acid groups (broad SMARTS) is 1. The summed E-state index contributed by atoms with van der Waals surface area (Å²) >= 11 is 0. The SMILES string of the molecule is O=C(O)CCCCCCCCCCn1c(-c2ccccc2)c(-c2ccccc2)n(-c2ccccc2)c1=O. The minimum atomic E-state index is -0.707. The molecule has 37 heavy (non-hydrogen) atoms. The number of carboxylic acids is 1. The van der Waals surface area contributed by atoms with Gasteiger partial charge in [0.2, 0.25) is 0 Å². The molecule has 1 aromatic heterocycles. The molecular weight excluding hydrogens is 460 g/mol. The Balaban J connectivity index is 1.56. The molecule has 5 heteroatoms. The molecule has 3 aromatic carbocycles. The second-order valence-corrected chi connectivity index (χ2v) is 9.51. The first kappa shape index (κ1) is 26.2. The van der Waals surface area contributed by atoms with Crippen LogP contribution >= 0.6 is 0 Å². The van der Waals surface area contributed by atoms with E-state index in [0.29, 0.717) is 6.54 Å². The number of unbranched alkanes of at least 4 members (excludes halogenated alkanes) is 7. The molecular formula is C32H36N2O3. The lowest BCUT2D eigenvalue weighted by molar-refractivity contribution is -0.137. The van der Waals surface area contributed by atoms with Gasteiger partial charge in [-0.1, -0.05) is 117 Å². The lowest BCUT2D eigenvalue weighted by atomic mass is 10.0. The van der Waals surface area contributed by atoms with Crippen molar-refractivity contribution in [2.75, 3.05) is 0 Å². The number of aromatic nitrogens is 2. The Morgan fingerprint density at radius 2 is 1.05 bits per heavy atom. The Bertz CT molecular complexity index is 1310. The van der Waals surface area contributed by atoms with Crippen molar-refractivity contribution < 1.29 is 9.90 Å². The van der Waals surface area contributed by atoms with Gasteiger partial charge in [0.05, 0.1) is 17.1 Å². The molecule has 0 saturated heterocycles.